The second kappa shape index (κ2) is 3.57. The monoisotopic (exact) mass is 237 g/mol. The summed E-state index contributed by atoms with van der Waals surface area (Å²) in [6.45, 7) is 0. The van der Waals surface area contributed by atoms with Gasteiger partial charge in [0, 0.05) is 16.5 Å². The van der Waals surface area contributed by atoms with Crippen molar-refractivity contribution in [1.29, 1.82) is 0 Å². The molecule has 0 heterocycles. The molecule has 4 nitrogen and oxygen atoms in total. The van der Waals surface area contributed by atoms with Crippen LogP contribution in [-0.4, -0.2) is 16.2 Å². The van der Waals surface area contributed by atoms with Crippen LogP contribution in [0.25, 0.3) is 10.8 Å². The fraction of sp³-hybridized carbons (Fsp3) is 0. The Morgan fingerprint density at radius 1 is 1.19 bits per heavy atom. The number of nitrogens with two attached hydrogens (primary N) is 1. The molecule has 0 bridgehead atoms. The number of aromatic carboxylic acids is 1. The number of aromatic hydroxyl groups is 1. The first-order valence-electron chi connectivity index (χ1n) is 4.44. The van der Waals surface area contributed by atoms with Crippen molar-refractivity contribution >= 4 is 34.0 Å². The highest BCUT2D eigenvalue weighted by molar-refractivity contribution is 6.36. The Bertz CT molecular complexity index is 595. The molecule has 2 rings (SSSR count). The van der Waals surface area contributed by atoms with Gasteiger partial charge in [0.05, 0.1) is 10.6 Å². The van der Waals surface area contributed by atoms with Crippen molar-refractivity contribution in [1.82, 2.24) is 0 Å². The number of benzene rings is 2. The van der Waals surface area contributed by atoms with Gasteiger partial charge in [-0.3, -0.25) is 0 Å². The first-order valence-corrected chi connectivity index (χ1v) is 4.82. The van der Waals surface area contributed by atoms with Crippen LogP contribution in [0.15, 0.2) is 24.3 Å². The molecule has 0 saturated heterocycles. The van der Waals surface area contributed by atoms with Crippen LogP contribution in [0.2, 0.25) is 5.02 Å². The minimum Gasteiger partial charge on any atom is -0.508 e. The van der Waals surface area contributed by atoms with E-state index in [1.165, 1.54) is 24.3 Å². The van der Waals surface area contributed by atoms with Crippen LogP contribution in [0.1, 0.15) is 10.4 Å². The number of phenols is 1. The van der Waals surface area contributed by atoms with Crippen LogP contribution in [-0.2, 0) is 0 Å². The van der Waals surface area contributed by atoms with E-state index in [0.717, 1.165) is 0 Å². The van der Waals surface area contributed by atoms with E-state index in [4.69, 9.17) is 22.4 Å². The summed E-state index contributed by atoms with van der Waals surface area (Å²) in [6, 6.07) is 5.55. The number of hydrogen-bond donors (Lipinski definition) is 3. The van der Waals surface area contributed by atoms with Gasteiger partial charge in [0.15, 0.2) is 0 Å². The lowest BCUT2D eigenvalue weighted by Crippen LogP contribution is -1.98. The number of carboxylic acid groups (broad SMARTS) is 1. The zero-order chi connectivity index (χ0) is 11.9. The number of hydrogen-bond acceptors (Lipinski definition) is 3. The number of rotatable bonds is 1. The fourth-order valence-electron chi connectivity index (χ4n) is 1.55. The van der Waals surface area contributed by atoms with Gasteiger partial charge in [0.25, 0.3) is 0 Å². The average Bonchev–Trinajstić information content (AvgIpc) is 2.19. The standard InChI is InChI=1S/C11H8ClNO3/c12-9-4-6(14)3-8-7(9)1-5(11(15)16)2-10(8)13/h1-4,14H,13H2,(H,15,16). The Labute approximate surface area is 95.9 Å². The van der Waals surface area contributed by atoms with E-state index < -0.39 is 5.97 Å². The van der Waals surface area contributed by atoms with Crippen molar-refractivity contribution < 1.29 is 15.0 Å². The molecule has 0 amide bonds. The third kappa shape index (κ3) is 1.63. The largest absolute Gasteiger partial charge is 0.508 e. The Morgan fingerprint density at radius 3 is 2.50 bits per heavy atom. The van der Waals surface area contributed by atoms with E-state index in [-0.39, 0.29) is 22.0 Å². The highest BCUT2D eigenvalue weighted by Gasteiger charge is 2.10. The van der Waals surface area contributed by atoms with Gasteiger partial charge in [-0.25, -0.2) is 4.79 Å². The van der Waals surface area contributed by atoms with Gasteiger partial charge in [-0.15, -0.1) is 0 Å². The first kappa shape index (κ1) is 10.6. The van der Waals surface area contributed by atoms with E-state index in [2.05, 4.69) is 0 Å². The van der Waals surface area contributed by atoms with Crippen LogP contribution in [0, 0.1) is 0 Å². The summed E-state index contributed by atoms with van der Waals surface area (Å²) in [4.78, 5) is 10.8. The summed E-state index contributed by atoms with van der Waals surface area (Å²) in [5.74, 6) is -1.08. The van der Waals surface area contributed by atoms with E-state index in [0.29, 0.717) is 10.8 Å². The molecule has 82 valence electrons. The maximum atomic E-state index is 10.8. The maximum absolute atomic E-state index is 10.8. The summed E-state index contributed by atoms with van der Waals surface area (Å²) in [5.41, 5.74) is 6.04. The molecule has 4 N–H and O–H groups in total. The van der Waals surface area contributed by atoms with E-state index >= 15 is 0 Å². The first-order chi connectivity index (χ1) is 7.49. The molecule has 0 radical (unpaired) electrons. The number of nitrogen functional groups attached to an aromatic ring is 1. The summed E-state index contributed by atoms with van der Waals surface area (Å²) < 4.78 is 0. The molecule has 0 fully saturated rings. The quantitative estimate of drug-likeness (QED) is 0.666. The summed E-state index contributed by atoms with van der Waals surface area (Å²) in [6.07, 6.45) is 0. The molecule has 0 aliphatic rings. The Hall–Kier alpha value is -1.94. The van der Waals surface area contributed by atoms with Crippen LogP contribution in [0.4, 0.5) is 5.69 Å². The SMILES string of the molecule is Nc1cc(C(=O)O)cc2c(Cl)cc(O)cc12. The van der Waals surface area contributed by atoms with Crippen LogP contribution >= 0.6 is 11.6 Å². The second-order valence-electron chi connectivity index (χ2n) is 3.39. The van der Waals surface area contributed by atoms with Gasteiger partial charge < -0.3 is 15.9 Å². The number of carbonyl (C=O) groups is 1. The van der Waals surface area contributed by atoms with E-state index in [1.807, 2.05) is 0 Å². The number of fused-ring (bicyclic) bond motifs is 1. The van der Waals surface area contributed by atoms with Gasteiger partial charge in [-0.2, -0.15) is 0 Å². The van der Waals surface area contributed by atoms with Gasteiger partial charge in [-0.05, 0) is 24.3 Å². The summed E-state index contributed by atoms with van der Waals surface area (Å²) >= 11 is 5.90. The predicted octanol–water partition coefficient (Wildman–Crippen LogP) is 2.48. The molecular weight excluding hydrogens is 230 g/mol. The molecule has 5 heteroatoms. The highest BCUT2D eigenvalue weighted by Crippen LogP contribution is 2.33. The number of phenolic OH excluding ortho intramolecular Hbond substituents is 1. The molecule has 2 aromatic rings. The number of anilines is 1. The summed E-state index contributed by atoms with van der Waals surface area (Å²) in [7, 11) is 0. The van der Waals surface area contributed by atoms with Crippen LogP contribution in [0.5, 0.6) is 5.75 Å². The normalized spacial score (nSPS) is 10.6. The van der Waals surface area contributed by atoms with Crippen LogP contribution < -0.4 is 5.73 Å². The van der Waals surface area contributed by atoms with Gasteiger partial charge >= 0.3 is 5.97 Å². The van der Waals surface area contributed by atoms with Gasteiger partial charge in [-0.1, -0.05) is 11.6 Å². The molecule has 0 aromatic heterocycles. The smallest absolute Gasteiger partial charge is 0.335 e. The topological polar surface area (TPSA) is 83.6 Å². The van der Waals surface area contributed by atoms with Crippen molar-refractivity contribution in [3.8, 4) is 5.75 Å². The lowest BCUT2D eigenvalue weighted by molar-refractivity contribution is 0.0697. The lowest BCUT2D eigenvalue weighted by atomic mass is 10.0. The number of halogens is 1. The Balaban J connectivity index is 2.87. The van der Waals surface area contributed by atoms with E-state index in [1.54, 1.807) is 0 Å². The van der Waals surface area contributed by atoms with Crippen molar-refractivity contribution in [2.45, 2.75) is 0 Å². The van der Waals surface area contributed by atoms with Crippen molar-refractivity contribution in [3.63, 3.8) is 0 Å². The molecule has 0 saturated carbocycles. The third-order valence-corrected chi connectivity index (χ3v) is 2.60. The maximum Gasteiger partial charge on any atom is 0.335 e. The second-order valence-corrected chi connectivity index (χ2v) is 3.80. The minimum absolute atomic E-state index is 0.00715. The van der Waals surface area contributed by atoms with Crippen molar-refractivity contribution in [2.75, 3.05) is 5.73 Å². The zero-order valence-electron chi connectivity index (χ0n) is 8.07. The van der Waals surface area contributed by atoms with Crippen molar-refractivity contribution in [3.05, 3.63) is 34.9 Å². The molecule has 0 unspecified atom stereocenters. The molecular formula is C11H8ClNO3. The van der Waals surface area contributed by atoms with Crippen molar-refractivity contribution in [2.24, 2.45) is 0 Å². The van der Waals surface area contributed by atoms with Gasteiger partial charge in [0.1, 0.15) is 5.75 Å². The average molecular weight is 238 g/mol. The lowest BCUT2D eigenvalue weighted by Gasteiger charge is -2.06. The Morgan fingerprint density at radius 2 is 1.88 bits per heavy atom. The molecule has 0 spiro atoms. The predicted molar refractivity (Wildman–Crippen MR) is 62.0 cm³/mol. The number of carboxylic acids is 1. The van der Waals surface area contributed by atoms with Gasteiger partial charge in [0.2, 0.25) is 0 Å². The zero-order valence-corrected chi connectivity index (χ0v) is 8.82. The molecule has 0 atom stereocenters. The Kier molecular flexibility index (Phi) is 2.36. The molecule has 0 aliphatic carbocycles. The van der Waals surface area contributed by atoms with Crippen LogP contribution in [0.3, 0.4) is 0 Å². The molecule has 16 heavy (non-hydrogen) atoms. The minimum atomic E-state index is -1.07. The fourth-order valence-corrected chi connectivity index (χ4v) is 1.82. The third-order valence-electron chi connectivity index (χ3n) is 2.28. The molecule has 0 aliphatic heterocycles. The molecule has 2 aromatic carbocycles. The highest BCUT2D eigenvalue weighted by atomic mass is 35.5. The van der Waals surface area contributed by atoms with E-state index in [9.17, 15) is 9.90 Å². The summed E-state index contributed by atoms with van der Waals surface area (Å²) in [5, 5.41) is 19.5.